The van der Waals surface area contributed by atoms with Crippen LogP contribution < -0.4 is 14.8 Å². The normalized spacial score (nSPS) is 15.3. The Morgan fingerprint density at radius 3 is 2.62 bits per heavy atom. The van der Waals surface area contributed by atoms with Gasteiger partial charge in [-0.1, -0.05) is 13.0 Å². The van der Waals surface area contributed by atoms with E-state index < -0.39 is 6.61 Å². The van der Waals surface area contributed by atoms with Crippen LogP contribution in [0.3, 0.4) is 0 Å². The lowest BCUT2D eigenvalue weighted by atomic mass is 10.1. The number of nitrogens with one attached hydrogen (secondary N) is 1. The minimum Gasteiger partial charge on any atom is -0.493 e. The van der Waals surface area contributed by atoms with Gasteiger partial charge in [-0.05, 0) is 30.7 Å². The molecule has 0 unspecified atom stereocenters. The van der Waals surface area contributed by atoms with Crippen molar-refractivity contribution >= 4 is 0 Å². The van der Waals surface area contributed by atoms with E-state index >= 15 is 0 Å². The number of halogens is 2. The van der Waals surface area contributed by atoms with Crippen LogP contribution in [0, 0.1) is 0 Å². The smallest absolute Gasteiger partial charge is 0.387 e. The molecule has 0 spiro atoms. The summed E-state index contributed by atoms with van der Waals surface area (Å²) in [6.07, 6.45) is 1.06. The number of ether oxygens (including phenoxy) is 2. The molecule has 0 radical (unpaired) electrons. The second-order valence-corrected chi connectivity index (χ2v) is 5.15. The first-order valence-electron chi connectivity index (χ1n) is 7.20. The Bertz CT molecular complexity index is 453. The molecule has 21 heavy (non-hydrogen) atoms. The lowest BCUT2D eigenvalue weighted by Gasteiger charge is -2.38. The average molecular weight is 300 g/mol. The topological polar surface area (TPSA) is 33.7 Å². The maximum Gasteiger partial charge on any atom is 0.387 e. The van der Waals surface area contributed by atoms with E-state index in [-0.39, 0.29) is 5.75 Å². The van der Waals surface area contributed by atoms with Crippen molar-refractivity contribution in [3.8, 4) is 11.5 Å². The molecule has 6 heteroatoms. The Morgan fingerprint density at radius 2 is 2.10 bits per heavy atom. The van der Waals surface area contributed by atoms with Gasteiger partial charge in [-0.3, -0.25) is 4.90 Å². The summed E-state index contributed by atoms with van der Waals surface area (Å²) in [4.78, 5) is 2.37. The standard InChI is InChI=1S/C15H22F2N2O2/c1-3-6-19(12-8-18-9-12)10-11-4-5-13(20-2)14(7-11)21-15(16)17/h4-5,7,12,15,18H,3,6,8-10H2,1-2H3. The molecule has 0 aromatic heterocycles. The number of nitrogens with zero attached hydrogens (tertiary/aromatic N) is 1. The van der Waals surface area contributed by atoms with Gasteiger partial charge in [0.15, 0.2) is 11.5 Å². The van der Waals surface area contributed by atoms with Gasteiger partial charge < -0.3 is 14.8 Å². The monoisotopic (exact) mass is 300 g/mol. The quantitative estimate of drug-likeness (QED) is 0.800. The fourth-order valence-electron chi connectivity index (χ4n) is 2.45. The molecule has 0 bridgehead atoms. The van der Waals surface area contributed by atoms with E-state index in [1.54, 1.807) is 12.1 Å². The molecule has 1 N–H and O–H groups in total. The summed E-state index contributed by atoms with van der Waals surface area (Å²) in [5, 5.41) is 3.26. The molecule has 0 atom stereocenters. The molecule has 1 fully saturated rings. The predicted octanol–water partition coefficient (Wildman–Crippen LogP) is 2.48. The van der Waals surface area contributed by atoms with Gasteiger partial charge in [-0.15, -0.1) is 0 Å². The van der Waals surface area contributed by atoms with Crippen molar-refractivity contribution in [3.63, 3.8) is 0 Å². The summed E-state index contributed by atoms with van der Waals surface area (Å²) < 4.78 is 34.5. The van der Waals surface area contributed by atoms with E-state index in [9.17, 15) is 8.78 Å². The summed E-state index contributed by atoms with van der Waals surface area (Å²) in [7, 11) is 1.44. The molecular weight excluding hydrogens is 278 g/mol. The molecule has 0 saturated carbocycles. The third kappa shape index (κ3) is 4.28. The minimum atomic E-state index is -2.85. The second-order valence-electron chi connectivity index (χ2n) is 5.15. The highest BCUT2D eigenvalue weighted by molar-refractivity contribution is 5.43. The van der Waals surface area contributed by atoms with E-state index in [1.807, 2.05) is 6.07 Å². The van der Waals surface area contributed by atoms with Crippen molar-refractivity contribution < 1.29 is 18.3 Å². The number of hydrogen-bond donors (Lipinski definition) is 1. The summed E-state index contributed by atoms with van der Waals surface area (Å²) >= 11 is 0. The van der Waals surface area contributed by atoms with Gasteiger partial charge in [0, 0.05) is 25.7 Å². The van der Waals surface area contributed by atoms with Crippen LogP contribution in [0.15, 0.2) is 18.2 Å². The molecule has 1 aromatic carbocycles. The Hall–Kier alpha value is -1.40. The van der Waals surface area contributed by atoms with Crippen molar-refractivity contribution in [2.75, 3.05) is 26.7 Å². The molecule has 1 aliphatic heterocycles. The van der Waals surface area contributed by atoms with E-state index in [0.29, 0.717) is 11.8 Å². The fourth-order valence-corrected chi connectivity index (χ4v) is 2.45. The van der Waals surface area contributed by atoms with Crippen molar-refractivity contribution in [1.29, 1.82) is 0 Å². The van der Waals surface area contributed by atoms with Gasteiger partial charge >= 0.3 is 6.61 Å². The van der Waals surface area contributed by atoms with Gasteiger partial charge in [0.05, 0.1) is 7.11 Å². The van der Waals surface area contributed by atoms with Gasteiger partial charge in [0.1, 0.15) is 0 Å². The lowest BCUT2D eigenvalue weighted by Crippen LogP contribution is -2.56. The molecule has 1 heterocycles. The summed E-state index contributed by atoms with van der Waals surface area (Å²) in [5.41, 5.74) is 0.951. The molecule has 4 nitrogen and oxygen atoms in total. The Kier molecular flexibility index (Phi) is 5.76. The van der Waals surface area contributed by atoms with E-state index in [2.05, 4.69) is 21.9 Å². The summed E-state index contributed by atoms with van der Waals surface area (Å²) in [6.45, 7) is 2.97. The van der Waals surface area contributed by atoms with Crippen LogP contribution in [0.4, 0.5) is 8.78 Å². The first kappa shape index (κ1) is 16.0. The number of benzene rings is 1. The molecular formula is C15H22F2N2O2. The average Bonchev–Trinajstić information content (AvgIpc) is 2.36. The van der Waals surface area contributed by atoms with Crippen LogP contribution in [-0.4, -0.2) is 44.3 Å². The number of methoxy groups -OCH3 is 1. The summed E-state index contributed by atoms with van der Waals surface area (Å²) in [5.74, 6) is 0.416. The molecule has 0 amide bonds. The van der Waals surface area contributed by atoms with Crippen LogP contribution >= 0.6 is 0 Å². The molecule has 0 aliphatic carbocycles. The van der Waals surface area contributed by atoms with Crippen LogP contribution in [0.2, 0.25) is 0 Å². The number of alkyl halides is 2. The zero-order chi connectivity index (χ0) is 15.2. The Balaban J connectivity index is 2.10. The zero-order valence-corrected chi connectivity index (χ0v) is 12.4. The van der Waals surface area contributed by atoms with E-state index in [4.69, 9.17) is 4.74 Å². The molecule has 1 aromatic rings. The van der Waals surface area contributed by atoms with Gasteiger partial charge in [0.2, 0.25) is 0 Å². The van der Waals surface area contributed by atoms with Crippen LogP contribution in [0.5, 0.6) is 11.5 Å². The first-order chi connectivity index (χ1) is 10.1. The van der Waals surface area contributed by atoms with E-state index in [1.165, 1.54) is 7.11 Å². The zero-order valence-electron chi connectivity index (χ0n) is 12.4. The van der Waals surface area contributed by atoms with Crippen molar-refractivity contribution in [2.24, 2.45) is 0 Å². The van der Waals surface area contributed by atoms with Crippen LogP contribution in [-0.2, 0) is 6.54 Å². The maximum atomic E-state index is 12.4. The van der Waals surface area contributed by atoms with Crippen molar-refractivity contribution in [3.05, 3.63) is 23.8 Å². The van der Waals surface area contributed by atoms with Crippen molar-refractivity contribution in [1.82, 2.24) is 10.2 Å². The highest BCUT2D eigenvalue weighted by atomic mass is 19.3. The number of rotatable bonds is 8. The van der Waals surface area contributed by atoms with Crippen molar-refractivity contribution in [2.45, 2.75) is 32.5 Å². The van der Waals surface area contributed by atoms with Gasteiger partial charge in [-0.2, -0.15) is 8.78 Å². The summed E-state index contributed by atoms with van der Waals surface area (Å²) in [6, 6.07) is 5.73. The minimum absolute atomic E-state index is 0.0909. The van der Waals surface area contributed by atoms with Gasteiger partial charge in [0.25, 0.3) is 0 Å². The largest absolute Gasteiger partial charge is 0.493 e. The lowest BCUT2D eigenvalue weighted by molar-refractivity contribution is -0.0512. The second kappa shape index (κ2) is 7.56. The van der Waals surface area contributed by atoms with E-state index in [0.717, 1.165) is 38.2 Å². The molecule has 2 rings (SSSR count). The SMILES string of the molecule is CCCN(Cc1ccc(OC)c(OC(F)F)c1)C1CNC1. The molecule has 118 valence electrons. The third-order valence-electron chi connectivity index (χ3n) is 3.62. The maximum absolute atomic E-state index is 12.4. The molecule has 1 aliphatic rings. The fraction of sp³-hybridized carbons (Fsp3) is 0.600. The first-order valence-corrected chi connectivity index (χ1v) is 7.20. The Labute approximate surface area is 124 Å². The third-order valence-corrected chi connectivity index (χ3v) is 3.62. The number of hydrogen-bond acceptors (Lipinski definition) is 4. The Morgan fingerprint density at radius 1 is 1.33 bits per heavy atom. The van der Waals surface area contributed by atoms with Crippen LogP contribution in [0.1, 0.15) is 18.9 Å². The molecule has 1 saturated heterocycles. The van der Waals surface area contributed by atoms with Gasteiger partial charge in [-0.25, -0.2) is 0 Å². The highest BCUT2D eigenvalue weighted by Gasteiger charge is 2.24. The predicted molar refractivity (Wildman–Crippen MR) is 77.0 cm³/mol. The highest BCUT2D eigenvalue weighted by Crippen LogP contribution is 2.30. The van der Waals surface area contributed by atoms with Crippen LogP contribution in [0.25, 0.3) is 0 Å².